The molecule has 88 valence electrons. The Hall–Kier alpha value is -1.93. The van der Waals surface area contributed by atoms with Gasteiger partial charge >= 0.3 is 0 Å². The Morgan fingerprint density at radius 3 is 2.61 bits per heavy atom. The number of fused-ring (bicyclic) bond motifs is 1. The number of halogens is 2. The molecule has 0 amide bonds. The van der Waals surface area contributed by atoms with Gasteiger partial charge in [-0.05, 0) is 24.3 Å². The molecule has 0 aliphatic carbocycles. The molecule has 2 aromatic carbocycles. The lowest BCUT2D eigenvalue weighted by Gasteiger charge is -2.05. The highest BCUT2D eigenvalue weighted by molar-refractivity contribution is 6.30. The number of rotatable bonds is 1. The maximum absolute atomic E-state index is 14.0. The predicted molar refractivity (Wildman–Crippen MR) is 72.1 cm³/mol. The molecule has 3 aromatic rings. The lowest BCUT2D eigenvalue weighted by atomic mass is 10.1. The summed E-state index contributed by atoms with van der Waals surface area (Å²) in [7, 11) is 0. The van der Waals surface area contributed by atoms with Crippen molar-refractivity contribution in [2.24, 2.45) is 0 Å². The second-order valence-corrected chi connectivity index (χ2v) is 4.46. The van der Waals surface area contributed by atoms with Crippen LogP contribution in [0.25, 0.3) is 22.2 Å². The highest BCUT2D eigenvalue weighted by atomic mass is 35.5. The average Bonchev–Trinajstić information content (AvgIpc) is 2.38. The molecule has 0 atom stereocenters. The van der Waals surface area contributed by atoms with Crippen molar-refractivity contribution in [2.75, 3.05) is 0 Å². The molecule has 0 bridgehead atoms. The van der Waals surface area contributed by atoms with Crippen molar-refractivity contribution in [3.63, 3.8) is 0 Å². The average molecular weight is 258 g/mol. The van der Waals surface area contributed by atoms with Crippen LogP contribution in [0.15, 0.2) is 54.6 Å². The van der Waals surface area contributed by atoms with Crippen molar-refractivity contribution in [3.8, 4) is 11.3 Å². The molecule has 3 heteroatoms. The maximum atomic E-state index is 14.0. The van der Waals surface area contributed by atoms with Crippen LogP contribution in [0.5, 0.6) is 0 Å². The summed E-state index contributed by atoms with van der Waals surface area (Å²) >= 11 is 5.92. The van der Waals surface area contributed by atoms with Gasteiger partial charge in [0.1, 0.15) is 11.5 Å². The fourth-order valence-corrected chi connectivity index (χ4v) is 2.12. The first-order valence-corrected chi connectivity index (χ1v) is 5.93. The fraction of sp³-hybridized carbons (Fsp3) is 0. The second-order valence-electron chi connectivity index (χ2n) is 4.02. The molecule has 0 saturated heterocycles. The maximum Gasteiger partial charge on any atom is 0.150 e. The third-order valence-electron chi connectivity index (χ3n) is 2.78. The molecule has 1 nitrogen and oxygen atoms in total. The van der Waals surface area contributed by atoms with Crippen molar-refractivity contribution in [1.82, 2.24) is 4.98 Å². The number of para-hydroxylation sites is 1. The number of benzene rings is 2. The lowest BCUT2D eigenvalue weighted by molar-refractivity contribution is 0.628. The van der Waals surface area contributed by atoms with E-state index in [-0.39, 0.29) is 5.82 Å². The minimum Gasteiger partial charge on any atom is -0.245 e. The van der Waals surface area contributed by atoms with Gasteiger partial charge in [-0.3, -0.25) is 0 Å². The van der Waals surface area contributed by atoms with Crippen molar-refractivity contribution < 1.29 is 4.39 Å². The van der Waals surface area contributed by atoms with Crippen LogP contribution < -0.4 is 0 Å². The van der Waals surface area contributed by atoms with E-state index in [0.717, 1.165) is 10.9 Å². The minimum absolute atomic E-state index is 0.330. The van der Waals surface area contributed by atoms with Gasteiger partial charge in [0.15, 0.2) is 0 Å². The first-order chi connectivity index (χ1) is 8.74. The summed E-state index contributed by atoms with van der Waals surface area (Å²) in [6.45, 7) is 0. The molecule has 0 aliphatic rings. The molecule has 0 radical (unpaired) electrons. The monoisotopic (exact) mass is 257 g/mol. The molecule has 18 heavy (non-hydrogen) atoms. The quantitative estimate of drug-likeness (QED) is 0.616. The van der Waals surface area contributed by atoms with E-state index in [4.69, 9.17) is 11.6 Å². The number of aromatic nitrogens is 1. The summed E-state index contributed by atoms with van der Waals surface area (Å²) in [5.74, 6) is -0.337. The molecule has 0 spiro atoms. The summed E-state index contributed by atoms with van der Waals surface area (Å²) in [6.07, 6.45) is 0. The van der Waals surface area contributed by atoms with Gasteiger partial charge < -0.3 is 0 Å². The number of hydrogen-bond acceptors (Lipinski definition) is 1. The van der Waals surface area contributed by atoms with Crippen LogP contribution in [0, 0.1) is 5.82 Å². The molecule has 0 unspecified atom stereocenters. The first-order valence-electron chi connectivity index (χ1n) is 5.55. The zero-order valence-electron chi connectivity index (χ0n) is 9.40. The van der Waals surface area contributed by atoms with Gasteiger partial charge in [0.05, 0.1) is 5.52 Å². The third-order valence-corrected chi connectivity index (χ3v) is 3.01. The van der Waals surface area contributed by atoms with E-state index in [9.17, 15) is 4.39 Å². The highest BCUT2D eigenvalue weighted by Crippen LogP contribution is 2.26. The molecular formula is C15H9ClFN. The van der Waals surface area contributed by atoms with Gasteiger partial charge in [0.25, 0.3) is 0 Å². The molecular weight excluding hydrogens is 249 g/mol. The summed E-state index contributed by atoms with van der Waals surface area (Å²) in [5, 5.41) is 1.36. The van der Waals surface area contributed by atoms with E-state index in [1.165, 1.54) is 6.07 Å². The molecule has 0 aliphatic heterocycles. The Morgan fingerprint density at radius 1 is 0.944 bits per heavy atom. The van der Waals surface area contributed by atoms with Crippen LogP contribution in [-0.2, 0) is 0 Å². The minimum atomic E-state index is -0.337. The zero-order chi connectivity index (χ0) is 12.5. The smallest absolute Gasteiger partial charge is 0.150 e. The standard InChI is InChI=1S/C15H9ClFN/c16-12-6-3-5-11(8-12)15-13(17)9-10-4-1-2-7-14(10)18-15/h1-9H. The molecule has 3 rings (SSSR count). The number of hydrogen-bond donors (Lipinski definition) is 0. The molecule has 1 aromatic heterocycles. The number of pyridine rings is 1. The third kappa shape index (κ3) is 1.95. The first kappa shape index (κ1) is 11.2. The van der Waals surface area contributed by atoms with Crippen LogP contribution in [0.1, 0.15) is 0 Å². The van der Waals surface area contributed by atoms with Crippen LogP contribution in [0.4, 0.5) is 4.39 Å². The van der Waals surface area contributed by atoms with Crippen LogP contribution in [0.2, 0.25) is 5.02 Å². The number of nitrogens with zero attached hydrogens (tertiary/aromatic N) is 1. The second kappa shape index (κ2) is 4.39. The topological polar surface area (TPSA) is 12.9 Å². The fourth-order valence-electron chi connectivity index (χ4n) is 1.93. The Morgan fingerprint density at radius 2 is 1.78 bits per heavy atom. The van der Waals surface area contributed by atoms with Gasteiger partial charge in [-0.25, -0.2) is 9.37 Å². The predicted octanol–water partition coefficient (Wildman–Crippen LogP) is 4.69. The Balaban J connectivity index is 2.26. The van der Waals surface area contributed by atoms with Crippen LogP contribution >= 0.6 is 11.6 Å². The van der Waals surface area contributed by atoms with E-state index in [2.05, 4.69) is 4.98 Å². The molecule has 0 N–H and O–H groups in total. The largest absolute Gasteiger partial charge is 0.245 e. The summed E-state index contributed by atoms with van der Waals surface area (Å²) in [6, 6.07) is 16.0. The van der Waals surface area contributed by atoms with Crippen molar-refractivity contribution in [1.29, 1.82) is 0 Å². The summed E-state index contributed by atoms with van der Waals surface area (Å²) in [4.78, 5) is 4.35. The highest BCUT2D eigenvalue weighted by Gasteiger charge is 2.09. The molecule has 1 heterocycles. The SMILES string of the molecule is Fc1cc2ccccc2nc1-c1cccc(Cl)c1. The van der Waals surface area contributed by atoms with Crippen molar-refractivity contribution >= 4 is 22.5 Å². The Labute approximate surface area is 109 Å². The molecule has 0 fully saturated rings. The Bertz CT molecular complexity index is 725. The van der Waals surface area contributed by atoms with Crippen LogP contribution in [-0.4, -0.2) is 4.98 Å². The van der Waals surface area contributed by atoms with E-state index in [0.29, 0.717) is 16.3 Å². The van der Waals surface area contributed by atoms with E-state index >= 15 is 0 Å². The summed E-state index contributed by atoms with van der Waals surface area (Å²) in [5.41, 5.74) is 1.79. The van der Waals surface area contributed by atoms with E-state index < -0.39 is 0 Å². The summed E-state index contributed by atoms with van der Waals surface area (Å²) < 4.78 is 14.0. The van der Waals surface area contributed by atoms with E-state index in [1.807, 2.05) is 24.3 Å². The van der Waals surface area contributed by atoms with Gasteiger partial charge in [-0.1, -0.05) is 41.9 Å². The van der Waals surface area contributed by atoms with Gasteiger partial charge in [-0.15, -0.1) is 0 Å². The molecule has 0 saturated carbocycles. The zero-order valence-corrected chi connectivity index (χ0v) is 10.2. The van der Waals surface area contributed by atoms with Gasteiger partial charge in [0, 0.05) is 16.0 Å². The Kier molecular flexibility index (Phi) is 2.73. The van der Waals surface area contributed by atoms with E-state index in [1.54, 1.807) is 24.3 Å². The van der Waals surface area contributed by atoms with Crippen molar-refractivity contribution in [3.05, 3.63) is 65.4 Å². The van der Waals surface area contributed by atoms with Gasteiger partial charge in [0.2, 0.25) is 0 Å². The van der Waals surface area contributed by atoms with Crippen LogP contribution in [0.3, 0.4) is 0 Å². The normalized spacial score (nSPS) is 10.8. The van der Waals surface area contributed by atoms with Gasteiger partial charge in [-0.2, -0.15) is 0 Å². The van der Waals surface area contributed by atoms with Crippen molar-refractivity contribution in [2.45, 2.75) is 0 Å². The lowest BCUT2D eigenvalue weighted by Crippen LogP contribution is -1.90.